The highest BCUT2D eigenvalue weighted by Gasteiger charge is 2.06. The van der Waals surface area contributed by atoms with Crippen molar-refractivity contribution < 1.29 is 4.52 Å². The van der Waals surface area contributed by atoms with E-state index < -0.39 is 11.1 Å². The molecule has 0 unspecified atom stereocenters. The number of nitrogens with one attached hydrogen (secondary N) is 2. The van der Waals surface area contributed by atoms with Crippen LogP contribution in [0.15, 0.2) is 38.4 Å². The second-order valence-electron chi connectivity index (χ2n) is 3.78. The zero-order valence-electron chi connectivity index (χ0n) is 9.06. The monoisotopic (exact) mass is 244 g/mol. The maximum atomic E-state index is 11.2. The summed E-state index contributed by atoms with van der Waals surface area (Å²) in [4.78, 5) is 27.3. The summed E-state index contributed by atoms with van der Waals surface area (Å²) in [7, 11) is 0. The van der Waals surface area contributed by atoms with E-state index in [4.69, 9.17) is 10.3 Å². The SMILES string of the molecule is Nc1cc(-c2ccc3[nH]c(=O)c(=O)[nH]c3c2)no1. The smallest absolute Gasteiger partial charge is 0.314 e. The number of nitrogens with zero attached hydrogens (tertiary/aromatic N) is 1. The van der Waals surface area contributed by atoms with E-state index in [0.29, 0.717) is 16.7 Å². The number of hydrogen-bond acceptors (Lipinski definition) is 5. The van der Waals surface area contributed by atoms with Gasteiger partial charge in [0, 0.05) is 11.6 Å². The molecule has 7 heteroatoms. The molecule has 0 atom stereocenters. The van der Waals surface area contributed by atoms with Crippen molar-refractivity contribution in [3.8, 4) is 11.3 Å². The minimum absolute atomic E-state index is 0.208. The third-order valence-corrected chi connectivity index (χ3v) is 2.55. The average Bonchev–Trinajstić information content (AvgIpc) is 2.77. The number of aromatic nitrogens is 3. The second-order valence-corrected chi connectivity index (χ2v) is 3.78. The molecule has 0 radical (unpaired) electrons. The number of H-pyrrole nitrogens is 2. The lowest BCUT2D eigenvalue weighted by molar-refractivity contribution is 0.439. The van der Waals surface area contributed by atoms with Crippen LogP contribution in [0.2, 0.25) is 0 Å². The molecule has 0 fully saturated rings. The summed E-state index contributed by atoms with van der Waals surface area (Å²) in [5.74, 6) is 0.208. The van der Waals surface area contributed by atoms with Crippen LogP contribution in [-0.2, 0) is 0 Å². The van der Waals surface area contributed by atoms with Crippen LogP contribution >= 0.6 is 0 Å². The quantitative estimate of drug-likeness (QED) is 0.537. The lowest BCUT2D eigenvalue weighted by atomic mass is 10.1. The van der Waals surface area contributed by atoms with Gasteiger partial charge in [-0.05, 0) is 12.1 Å². The van der Waals surface area contributed by atoms with Gasteiger partial charge in [-0.2, -0.15) is 0 Å². The van der Waals surface area contributed by atoms with Crippen molar-refractivity contribution in [3.63, 3.8) is 0 Å². The van der Waals surface area contributed by atoms with Gasteiger partial charge in [0.15, 0.2) is 0 Å². The van der Waals surface area contributed by atoms with Gasteiger partial charge in [0.2, 0.25) is 5.88 Å². The zero-order chi connectivity index (χ0) is 12.7. The molecule has 4 N–H and O–H groups in total. The Labute approximate surface area is 99.2 Å². The van der Waals surface area contributed by atoms with Crippen LogP contribution in [0.25, 0.3) is 22.3 Å². The minimum Gasteiger partial charge on any atom is -0.368 e. The summed E-state index contributed by atoms with van der Waals surface area (Å²) >= 11 is 0. The van der Waals surface area contributed by atoms with Gasteiger partial charge in [-0.25, -0.2) is 0 Å². The Morgan fingerprint density at radius 1 is 1.06 bits per heavy atom. The third kappa shape index (κ3) is 1.58. The Morgan fingerprint density at radius 3 is 2.44 bits per heavy atom. The standard InChI is InChI=1S/C11H8N4O3/c12-9-4-7(15-18-9)5-1-2-6-8(3-5)14-11(17)10(16)13-6/h1-4H,12H2,(H,13,16)(H,14,17). The van der Waals surface area contributed by atoms with Gasteiger partial charge in [-0.1, -0.05) is 11.2 Å². The Hall–Kier alpha value is -2.83. The fraction of sp³-hybridized carbons (Fsp3) is 0. The highest BCUT2D eigenvalue weighted by Crippen LogP contribution is 2.22. The molecule has 7 nitrogen and oxygen atoms in total. The van der Waals surface area contributed by atoms with Crippen molar-refractivity contribution >= 4 is 16.9 Å². The highest BCUT2D eigenvalue weighted by molar-refractivity contribution is 5.80. The molecule has 1 aromatic carbocycles. The summed E-state index contributed by atoms with van der Waals surface area (Å²) in [5.41, 5.74) is 6.40. The molecule has 0 saturated carbocycles. The van der Waals surface area contributed by atoms with E-state index in [1.54, 1.807) is 24.3 Å². The molecule has 18 heavy (non-hydrogen) atoms. The molecule has 90 valence electrons. The molecule has 0 spiro atoms. The van der Waals surface area contributed by atoms with Crippen molar-refractivity contribution in [1.82, 2.24) is 15.1 Å². The largest absolute Gasteiger partial charge is 0.368 e. The Kier molecular flexibility index (Phi) is 2.06. The molecule has 0 bridgehead atoms. The summed E-state index contributed by atoms with van der Waals surface area (Å²) in [6.07, 6.45) is 0. The predicted molar refractivity (Wildman–Crippen MR) is 65.1 cm³/mol. The van der Waals surface area contributed by atoms with Crippen molar-refractivity contribution in [2.24, 2.45) is 0 Å². The number of nitrogen functional groups attached to an aromatic ring is 1. The van der Waals surface area contributed by atoms with Gasteiger partial charge in [0.25, 0.3) is 0 Å². The first kappa shape index (κ1) is 10.3. The molecule has 0 aliphatic heterocycles. The van der Waals surface area contributed by atoms with Crippen LogP contribution in [-0.4, -0.2) is 15.1 Å². The summed E-state index contributed by atoms with van der Waals surface area (Å²) in [6, 6.07) is 6.68. The highest BCUT2D eigenvalue weighted by atomic mass is 16.5. The van der Waals surface area contributed by atoms with Crippen molar-refractivity contribution in [3.05, 3.63) is 45.0 Å². The maximum absolute atomic E-state index is 11.2. The van der Waals surface area contributed by atoms with Crippen LogP contribution < -0.4 is 16.9 Å². The topological polar surface area (TPSA) is 118 Å². The number of hydrogen-bond donors (Lipinski definition) is 3. The van der Waals surface area contributed by atoms with E-state index in [1.807, 2.05) is 0 Å². The number of rotatable bonds is 1. The first-order valence-electron chi connectivity index (χ1n) is 5.12. The molecule has 0 saturated heterocycles. The summed E-state index contributed by atoms with van der Waals surface area (Å²) < 4.78 is 4.77. The normalized spacial score (nSPS) is 10.9. The van der Waals surface area contributed by atoms with Crippen LogP contribution in [0.4, 0.5) is 5.88 Å². The predicted octanol–water partition coefficient (Wildman–Crippen LogP) is 0.454. The third-order valence-electron chi connectivity index (χ3n) is 2.55. The fourth-order valence-corrected chi connectivity index (χ4v) is 1.70. The van der Waals surface area contributed by atoms with Gasteiger partial charge in [-0.3, -0.25) is 9.59 Å². The van der Waals surface area contributed by atoms with Crippen LogP contribution in [0.3, 0.4) is 0 Å². The lowest BCUT2D eigenvalue weighted by Crippen LogP contribution is -2.28. The average molecular weight is 244 g/mol. The molecule has 0 aliphatic rings. The number of anilines is 1. The van der Waals surface area contributed by atoms with E-state index in [1.165, 1.54) is 0 Å². The number of benzene rings is 1. The van der Waals surface area contributed by atoms with Crippen molar-refractivity contribution in [2.45, 2.75) is 0 Å². The zero-order valence-corrected chi connectivity index (χ0v) is 9.06. The number of nitrogens with two attached hydrogens (primary N) is 1. The Balaban J connectivity index is 2.25. The molecule has 2 heterocycles. The first-order valence-corrected chi connectivity index (χ1v) is 5.12. The van der Waals surface area contributed by atoms with Gasteiger partial charge in [0.1, 0.15) is 5.69 Å². The summed E-state index contributed by atoms with van der Waals surface area (Å²) in [5, 5.41) is 3.77. The molecule has 0 aliphatic carbocycles. The van der Waals surface area contributed by atoms with Crippen molar-refractivity contribution in [1.29, 1.82) is 0 Å². The van der Waals surface area contributed by atoms with E-state index in [2.05, 4.69) is 15.1 Å². The lowest BCUT2D eigenvalue weighted by Gasteiger charge is -1.99. The van der Waals surface area contributed by atoms with Gasteiger partial charge < -0.3 is 20.2 Å². The molecule has 3 rings (SSSR count). The Morgan fingerprint density at radius 2 is 1.78 bits per heavy atom. The maximum Gasteiger partial charge on any atom is 0.314 e. The van der Waals surface area contributed by atoms with Gasteiger partial charge in [0.05, 0.1) is 11.0 Å². The van der Waals surface area contributed by atoms with Crippen LogP contribution in [0, 0.1) is 0 Å². The second kappa shape index (κ2) is 3.59. The van der Waals surface area contributed by atoms with Crippen LogP contribution in [0.1, 0.15) is 0 Å². The summed E-state index contributed by atoms with van der Waals surface area (Å²) in [6.45, 7) is 0. The fourth-order valence-electron chi connectivity index (χ4n) is 1.70. The van der Waals surface area contributed by atoms with E-state index >= 15 is 0 Å². The molecule has 3 aromatic rings. The molecule has 2 aromatic heterocycles. The molecular formula is C11H8N4O3. The van der Waals surface area contributed by atoms with E-state index in [0.717, 1.165) is 5.56 Å². The minimum atomic E-state index is -0.695. The molecular weight excluding hydrogens is 236 g/mol. The van der Waals surface area contributed by atoms with Crippen LogP contribution in [0.5, 0.6) is 0 Å². The van der Waals surface area contributed by atoms with E-state index in [9.17, 15) is 9.59 Å². The molecule has 0 amide bonds. The van der Waals surface area contributed by atoms with E-state index in [-0.39, 0.29) is 5.88 Å². The number of fused-ring (bicyclic) bond motifs is 1. The van der Waals surface area contributed by atoms with Gasteiger partial charge >= 0.3 is 11.1 Å². The number of aromatic amines is 2. The first-order chi connectivity index (χ1) is 8.63. The van der Waals surface area contributed by atoms with Crippen molar-refractivity contribution in [2.75, 3.05) is 5.73 Å². The Bertz CT molecular complexity index is 843. The van der Waals surface area contributed by atoms with Gasteiger partial charge in [-0.15, -0.1) is 0 Å².